The molecule has 0 bridgehead atoms. The molecule has 0 amide bonds. The van der Waals surface area contributed by atoms with Crippen LogP contribution in [0, 0.1) is 5.41 Å². The minimum Gasteiger partial charge on any atom is -0.382 e. The van der Waals surface area contributed by atoms with Crippen molar-refractivity contribution in [2.24, 2.45) is 10.4 Å². The van der Waals surface area contributed by atoms with Crippen LogP contribution >= 0.6 is 0 Å². The number of guanidine groups is 1. The normalized spacial score (nSPS) is 26.7. The Kier molecular flexibility index (Phi) is 6.06. The molecule has 6 heteroatoms. The summed E-state index contributed by atoms with van der Waals surface area (Å²) in [5, 5.41) is 3.36. The molecule has 1 spiro atoms. The molecule has 6 nitrogen and oxygen atoms in total. The number of methoxy groups -OCH3 is 1. The van der Waals surface area contributed by atoms with Crippen molar-refractivity contribution in [2.75, 3.05) is 66.8 Å². The maximum atomic E-state index is 5.56. The van der Waals surface area contributed by atoms with Crippen molar-refractivity contribution in [1.29, 1.82) is 0 Å². The van der Waals surface area contributed by atoms with E-state index in [1.54, 1.807) is 7.11 Å². The molecule has 2 aliphatic rings. The average molecular weight is 285 g/mol. The van der Waals surface area contributed by atoms with E-state index >= 15 is 0 Å². The molecule has 1 atom stereocenters. The zero-order chi connectivity index (χ0) is 14.3. The molecule has 2 saturated heterocycles. The number of aliphatic imine (C=N–C) groups is 1. The Bertz CT molecular complexity index is 317. The molecule has 2 rings (SSSR count). The van der Waals surface area contributed by atoms with Crippen LogP contribution in [0.15, 0.2) is 4.99 Å². The molecular weight excluding hydrogens is 258 g/mol. The van der Waals surface area contributed by atoms with Crippen LogP contribution in [0.3, 0.4) is 0 Å². The summed E-state index contributed by atoms with van der Waals surface area (Å²) in [5.74, 6) is 0.976. The zero-order valence-electron chi connectivity index (χ0n) is 12.7. The van der Waals surface area contributed by atoms with Crippen LogP contribution in [-0.4, -0.2) is 77.7 Å². The van der Waals surface area contributed by atoms with E-state index < -0.39 is 0 Å². The van der Waals surface area contributed by atoms with Crippen molar-refractivity contribution in [2.45, 2.75) is 12.8 Å². The summed E-state index contributed by atoms with van der Waals surface area (Å²) in [6.07, 6.45) is 2.39. The van der Waals surface area contributed by atoms with Crippen molar-refractivity contribution in [3.8, 4) is 0 Å². The van der Waals surface area contributed by atoms with Crippen molar-refractivity contribution in [1.82, 2.24) is 10.2 Å². The fourth-order valence-electron chi connectivity index (χ4n) is 2.90. The first-order chi connectivity index (χ1) is 9.79. The highest BCUT2D eigenvalue weighted by atomic mass is 16.5. The Balaban J connectivity index is 1.67. The van der Waals surface area contributed by atoms with Gasteiger partial charge in [0.2, 0.25) is 0 Å². The lowest BCUT2D eigenvalue weighted by Gasteiger charge is -2.24. The van der Waals surface area contributed by atoms with Crippen LogP contribution < -0.4 is 5.32 Å². The quantitative estimate of drug-likeness (QED) is 0.433. The molecule has 0 aromatic rings. The summed E-state index contributed by atoms with van der Waals surface area (Å²) >= 11 is 0. The molecule has 0 aromatic carbocycles. The first-order valence-corrected chi connectivity index (χ1v) is 7.40. The standard InChI is InChI=1S/C14H27N3O3/c1-15-13(16-5-8-19-10-9-18-2)17-6-3-14(11-17)4-7-20-12-14/h3-12H2,1-2H3,(H,15,16). The van der Waals surface area contributed by atoms with Gasteiger partial charge >= 0.3 is 0 Å². The molecular formula is C14H27N3O3. The number of nitrogens with one attached hydrogen (secondary N) is 1. The number of hydrogen-bond acceptors (Lipinski definition) is 4. The predicted molar refractivity (Wildman–Crippen MR) is 78.1 cm³/mol. The Labute approximate surface area is 121 Å². The summed E-state index contributed by atoms with van der Waals surface area (Å²) in [7, 11) is 3.52. The van der Waals surface area contributed by atoms with Crippen LogP contribution in [-0.2, 0) is 14.2 Å². The van der Waals surface area contributed by atoms with Crippen molar-refractivity contribution in [3.05, 3.63) is 0 Å². The third-order valence-corrected chi connectivity index (χ3v) is 4.10. The number of likely N-dealkylation sites (tertiary alicyclic amines) is 1. The van der Waals surface area contributed by atoms with E-state index in [1.165, 1.54) is 12.8 Å². The van der Waals surface area contributed by atoms with Gasteiger partial charge in [0.15, 0.2) is 5.96 Å². The lowest BCUT2D eigenvalue weighted by molar-refractivity contribution is 0.0731. The molecule has 2 aliphatic heterocycles. The van der Waals surface area contributed by atoms with E-state index in [0.717, 1.165) is 38.8 Å². The second kappa shape index (κ2) is 7.81. The van der Waals surface area contributed by atoms with Crippen molar-refractivity contribution >= 4 is 5.96 Å². The molecule has 2 heterocycles. The van der Waals surface area contributed by atoms with Crippen molar-refractivity contribution in [3.63, 3.8) is 0 Å². The fraction of sp³-hybridized carbons (Fsp3) is 0.929. The van der Waals surface area contributed by atoms with Crippen LogP contribution in [0.4, 0.5) is 0 Å². The Morgan fingerprint density at radius 2 is 2.25 bits per heavy atom. The lowest BCUT2D eigenvalue weighted by Crippen LogP contribution is -2.42. The lowest BCUT2D eigenvalue weighted by atomic mass is 9.87. The van der Waals surface area contributed by atoms with E-state index in [9.17, 15) is 0 Å². The van der Waals surface area contributed by atoms with E-state index in [4.69, 9.17) is 14.2 Å². The second-order valence-corrected chi connectivity index (χ2v) is 5.55. The maximum absolute atomic E-state index is 5.56. The van der Waals surface area contributed by atoms with Gasteiger partial charge in [-0.15, -0.1) is 0 Å². The van der Waals surface area contributed by atoms with Gasteiger partial charge in [-0.25, -0.2) is 0 Å². The summed E-state index contributed by atoms with van der Waals surface area (Å²) in [4.78, 5) is 6.71. The summed E-state index contributed by atoms with van der Waals surface area (Å²) < 4.78 is 15.9. The van der Waals surface area contributed by atoms with Crippen LogP contribution in [0.25, 0.3) is 0 Å². The molecule has 0 saturated carbocycles. The first-order valence-electron chi connectivity index (χ1n) is 7.40. The average Bonchev–Trinajstić information content (AvgIpc) is 3.09. The molecule has 1 N–H and O–H groups in total. The highest BCUT2D eigenvalue weighted by molar-refractivity contribution is 5.80. The Morgan fingerprint density at radius 1 is 1.35 bits per heavy atom. The van der Waals surface area contributed by atoms with Gasteiger partial charge in [-0.05, 0) is 12.8 Å². The van der Waals surface area contributed by atoms with Gasteiger partial charge in [0.05, 0.1) is 26.4 Å². The third-order valence-electron chi connectivity index (χ3n) is 4.10. The topological polar surface area (TPSA) is 55.3 Å². The van der Waals surface area contributed by atoms with Crippen LogP contribution in [0.2, 0.25) is 0 Å². The molecule has 1 unspecified atom stereocenters. The van der Waals surface area contributed by atoms with E-state index in [-0.39, 0.29) is 0 Å². The van der Waals surface area contributed by atoms with Gasteiger partial charge in [-0.3, -0.25) is 4.99 Å². The minimum absolute atomic E-state index is 0.368. The van der Waals surface area contributed by atoms with E-state index in [1.807, 2.05) is 7.05 Å². The second-order valence-electron chi connectivity index (χ2n) is 5.55. The van der Waals surface area contributed by atoms with Gasteiger partial charge in [0.1, 0.15) is 0 Å². The van der Waals surface area contributed by atoms with Crippen LogP contribution in [0.1, 0.15) is 12.8 Å². The molecule has 0 radical (unpaired) electrons. The highest BCUT2D eigenvalue weighted by Crippen LogP contribution is 2.37. The third kappa shape index (κ3) is 4.07. The molecule has 2 fully saturated rings. The fourth-order valence-corrected chi connectivity index (χ4v) is 2.90. The van der Waals surface area contributed by atoms with Gasteiger partial charge in [-0.2, -0.15) is 0 Å². The molecule has 20 heavy (non-hydrogen) atoms. The smallest absolute Gasteiger partial charge is 0.193 e. The Hall–Kier alpha value is -0.850. The molecule has 0 aliphatic carbocycles. The molecule has 116 valence electrons. The number of nitrogens with zero attached hydrogens (tertiary/aromatic N) is 2. The predicted octanol–water partition coefficient (Wildman–Crippen LogP) is 0.337. The zero-order valence-corrected chi connectivity index (χ0v) is 12.7. The number of ether oxygens (including phenoxy) is 3. The molecule has 0 aromatic heterocycles. The minimum atomic E-state index is 0.368. The number of rotatable bonds is 6. The maximum Gasteiger partial charge on any atom is 0.193 e. The van der Waals surface area contributed by atoms with Gasteiger partial charge in [0, 0.05) is 45.8 Å². The van der Waals surface area contributed by atoms with Crippen LogP contribution in [0.5, 0.6) is 0 Å². The summed E-state index contributed by atoms with van der Waals surface area (Å²) in [6.45, 7) is 6.66. The van der Waals surface area contributed by atoms with Gasteiger partial charge in [-0.1, -0.05) is 0 Å². The SMILES string of the molecule is CN=C(NCCOCCOC)N1CCC2(CCOC2)C1. The summed E-state index contributed by atoms with van der Waals surface area (Å²) in [6, 6.07) is 0. The van der Waals surface area contributed by atoms with Gasteiger partial charge in [0.25, 0.3) is 0 Å². The number of hydrogen-bond donors (Lipinski definition) is 1. The highest BCUT2D eigenvalue weighted by Gasteiger charge is 2.42. The first kappa shape index (κ1) is 15.5. The van der Waals surface area contributed by atoms with E-state index in [2.05, 4.69) is 15.2 Å². The Morgan fingerprint density at radius 3 is 2.95 bits per heavy atom. The van der Waals surface area contributed by atoms with Crippen molar-refractivity contribution < 1.29 is 14.2 Å². The van der Waals surface area contributed by atoms with E-state index in [0.29, 0.717) is 25.2 Å². The summed E-state index contributed by atoms with van der Waals surface area (Å²) in [5.41, 5.74) is 0.368. The monoisotopic (exact) mass is 285 g/mol. The largest absolute Gasteiger partial charge is 0.382 e. The van der Waals surface area contributed by atoms with Gasteiger partial charge < -0.3 is 24.4 Å².